The fraction of sp³-hybridized carbons (Fsp3) is 0.375. The van der Waals surface area contributed by atoms with E-state index in [4.69, 9.17) is 0 Å². The maximum atomic E-state index is 4.46. The molecule has 0 saturated carbocycles. The minimum atomic E-state index is 0.455. The number of para-hydroxylation sites is 1. The fourth-order valence-electron chi connectivity index (χ4n) is 4.17. The van der Waals surface area contributed by atoms with Crippen molar-refractivity contribution in [1.82, 2.24) is 0 Å². The monoisotopic (exact) mass is 355 g/mol. The van der Waals surface area contributed by atoms with Crippen LogP contribution in [0.15, 0.2) is 42.7 Å². The van der Waals surface area contributed by atoms with E-state index in [0.717, 1.165) is 5.52 Å². The molecule has 0 bridgehead atoms. The number of hydrogen-bond donors (Lipinski definition) is 0. The van der Waals surface area contributed by atoms with Crippen LogP contribution in [0, 0.1) is 20.8 Å². The average Bonchev–Trinajstić information content (AvgIpc) is 2.94. The van der Waals surface area contributed by atoms with Crippen molar-refractivity contribution in [3.8, 4) is 0 Å². The second kappa shape index (κ2) is 7.44. The standard InChI is InChI=1S/C24H30N2.Be/c1-16(2)21-9-8-10-22(17(3)4)24(21)26-12-11-25(15-26)23-19(6)13-18(5)14-20(23)7;/h8-14,16-17H,1-7H3;. The Morgan fingerprint density at radius 2 is 1.19 bits per heavy atom. The molecular weight excluding hydrogens is 325 g/mol. The summed E-state index contributed by atoms with van der Waals surface area (Å²) in [6.07, 6.45) is 4.31. The zero-order valence-electron chi connectivity index (χ0n) is 17.8. The van der Waals surface area contributed by atoms with Crippen LogP contribution in [-0.2, 0) is 0 Å². The summed E-state index contributed by atoms with van der Waals surface area (Å²) >= 11 is 0. The topological polar surface area (TPSA) is 6.48 Å². The molecule has 0 saturated heterocycles. The van der Waals surface area contributed by atoms with E-state index in [1.165, 1.54) is 39.2 Å². The second-order valence-electron chi connectivity index (χ2n) is 8.30. The summed E-state index contributed by atoms with van der Waals surface area (Å²) in [5.74, 6) is 0.911. The van der Waals surface area contributed by atoms with Gasteiger partial charge in [-0.25, -0.2) is 0 Å². The Kier molecular flexibility index (Phi) is 5.40. The summed E-state index contributed by atoms with van der Waals surface area (Å²) in [5.41, 5.74) is 10.1. The number of benzene rings is 2. The first-order valence-electron chi connectivity index (χ1n) is 9.88. The van der Waals surface area contributed by atoms with Gasteiger partial charge >= 0.3 is 167 Å². The Morgan fingerprint density at radius 3 is 1.63 bits per heavy atom. The summed E-state index contributed by atoms with van der Waals surface area (Å²) in [6, 6.07) is 11.2. The Bertz CT molecular complexity index is 859. The van der Waals surface area contributed by atoms with Gasteiger partial charge in [-0.3, -0.25) is 0 Å². The van der Waals surface area contributed by atoms with E-state index in [-0.39, 0.29) is 0 Å². The Balaban J connectivity index is 2.09. The van der Waals surface area contributed by atoms with E-state index < -0.39 is 0 Å². The Morgan fingerprint density at radius 1 is 0.741 bits per heavy atom. The molecule has 3 rings (SSSR count). The summed E-state index contributed by atoms with van der Waals surface area (Å²) in [7, 11) is 4.46. The molecule has 27 heavy (non-hydrogen) atoms. The molecule has 2 aromatic rings. The van der Waals surface area contributed by atoms with Gasteiger partial charge in [0.2, 0.25) is 0 Å². The summed E-state index contributed by atoms with van der Waals surface area (Å²) < 4.78 is 0. The van der Waals surface area contributed by atoms with Crippen LogP contribution in [0.3, 0.4) is 0 Å². The average molecular weight is 356 g/mol. The van der Waals surface area contributed by atoms with E-state index in [2.05, 4.69) is 110 Å². The molecule has 138 valence electrons. The van der Waals surface area contributed by atoms with Crippen molar-refractivity contribution < 1.29 is 0 Å². The summed E-state index contributed by atoms with van der Waals surface area (Å²) in [6.45, 7) is 15.6. The van der Waals surface area contributed by atoms with Crippen LogP contribution in [0.5, 0.6) is 0 Å². The molecule has 1 aliphatic heterocycles. The molecule has 1 heterocycles. The third kappa shape index (κ3) is 3.51. The molecule has 0 fully saturated rings. The van der Waals surface area contributed by atoms with Gasteiger partial charge in [0.05, 0.1) is 0 Å². The number of nitrogens with zero attached hydrogens (tertiary/aromatic N) is 2. The Labute approximate surface area is 166 Å². The van der Waals surface area contributed by atoms with Gasteiger partial charge < -0.3 is 0 Å². The molecule has 0 aromatic heterocycles. The number of hydrogen-bond acceptors (Lipinski definition) is 2. The molecule has 0 N–H and O–H groups in total. The van der Waals surface area contributed by atoms with Gasteiger partial charge in [0.15, 0.2) is 0 Å². The van der Waals surface area contributed by atoms with Gasteiger partial charge in [-0.15, -0.1) is 0 Å². The first-order valence-corrected chi connectivity index (χ1v) is 9.88. The molecule has 0 amide bonds. The van der Waals surface area contributed by atoms with Crippen LogP contribution in [0.1, 0.15) is 67.3 Å². The maximum absolute atomic E-state index is 4.46. The van der Waals surface area contributed by atoms with E-state index in [1.54, 1.807) is 0 Å². The molecular formula is C24H30BeN2. The molecule has 3 heteroatoms. The van der Waals surface area contributed by atoms with Crippen molar-refractivity contribution in [2.24, 2.45) is 0 Å². The molecule has 2 aromatic carbocycles. The molecule has 0 aliphatic carbocycles. The molecule has 0 radical (unpaired) electrons. The van der Waals surface area contributed by atoms with E-state index in [9.17, 15) is 0 Å². The zero-order valence-corrected chi connectivity index (χ0v) is 17.8. The fourth-order valence-corrected chi connectivity index (χ4v) is 4.17. The van der Waals surface area contributed by atoms with E-state index >= 15 is 0 Å². The van der Waals surface area contributed by atoms with Gasteiger partial charge in [0, 0.05) is 0 Å². The molecule has 0 atom stereocenters. The van der Waals surface area contributed by atoms with Crippen molar-refractivity contribution >= 4 is 26.0 Å². The van der Waals surface area contributed by atoms with Crippen molar-refractivity contribution in [3.63, 3.8) is 0 Å². The zero-order chi connectivity index (χ0) is 19.9. The van der Waals surface area contributed by atoms with Gasteiger partial charge in [-0.2, -0.15) is 0 Å². The summed E-state index contributed by atoms with van der Waals surface area (Å²) in [4.78, 5) is 4.49. The first kappa shape index (κ1) is 19.6. The molecule has 2 nitrogen and oxygen atoms in total. The van der Waals surface area contributed by atoms with Crippen molar-refractivity contribution in [2.45, 2.75) is 60.3 Å². The number of aryl methyl sites for hydroxylation is 3. The predicted octanol–water partition coefficient (Wildman–Crippen LogP) is 5.91. The minimum absolute atomic E-state index is 0.455. The molecule has 0 spiro atoms. The Hall–Kier alpha value is -2.18. The van der Waals surface area contributed by atoms with Crippen molar-refractivity contribution in [2.75, 3.05) is 9.80 Å². The number of rotatable bonds is 4. The quantitative estimate of drug-likeness (QED) is 0.629. The van der Waals surface area contributed by atoms with Gasteiger partial charge in [-0.1, -0.05) is 0 Å². The third-order valence-electron chi connectivity index (χ3n) is 5.38. The second-order valence-corrected chi connectivity index (χ2v) is 8.30. The van der Waals surface area contributed by atoms with Gasteiger partial charge in [-0.05, 0) is 0 Å². The normalized spacial score (nSPS) is 14.3. The van der Waals surface area contributed by atoms with Crippen LogP contribution in [0.4, 0.5) is 11.4 Å². The first-order chi connectivity index (χ1) is 12.7. The molecule has 1 aliphatic rings. The van der Waals surface area contributed by atoms with Crippen LogP contribution < -0.4 is 9.80 Å². The van der Waals surface area contributed by atoms with Crippen LogP contribution in [0.25, 0.3) is 0 Å². The van der Waals surface area contributed by atoms with Gasteiger partial charge in [0.1, 0.15) is 0 Å². The third-order valence-corrected chi connectivity index (χ3v) is 5.38. The predicted molar refractivity (Wildman–Crippen MR) is 120 cm³/mol. The van der Waals surface area contributed by atoms with E-state index in [0.29, 0.717) is 11.8 Å². The van der Waals surface area contributed by atoms with Crippen LogP contribution in [0.2, 0.25) is 0 Å². The SMILES string of the molecule is [Be]=[C]1N(c2c(C)cc(C)cc2C)C=CN1c1c(C(C)C)cccc1C(C)C. The van der Waals surface area contributed by atoms with Gasteiger partial charge in [0.25, 0.3) is 0 Å². The molecule has 0 unspecified atom stereocenters. The summed E-state index contributed by atoms with van der Waals surface area (Å²) in [5, 5.41) is 0. The van der Waals surface area contributed by atoms with Crippen molar-refractivity contribution in [1.29, 1.82) is 0 Å². The van der Waals surface area contributed by atoms with Crippen LogP contribution >= 0.6 is 0 Å². The van der Waals surface area contributed by atoms with E-state index in [1.807, 2.05) is 0 Å². The van der Waals surface area contributed by atoms with Crippen LogP contribution in [-0.4, -0.2) is 14.6 Å². The number of anilines is 2. The van der Waals surface area contributed by atoms with Crippen molar-refractivity contribution in [3.05, 3.63) is 70.5 Å².